The number of aryl methyl sites for hydroxylation is 1. The van der Waals surface area contributed by atoms with Crippen molar-refractivity contribution in [2.24, 2.45) is 0 Å². The number of benzene rings is 1. The Bertz CT molecular complexity index is 757. The van der Waals surface area contributed by atoms with E-state index in [1.807, 2.05) is 18.2 Å². The predicted octanol–water partition coefficient (Wildman–Crippen LogP) is 0.945. The van der Waals surface area contributed by atoms with Crippen molar-refractivity contribution in [3.05, 3.63) is 29.6 Å². The molecule has 0 spiro atoms. The number of fused-ring (bicyclic) bond motifs is 2. The Kier molecular flexibility index (Phi) is 2.72. The van der Waals surface area contributed by atoms with Gasteiger partial charge in [0.05, 0.1) is 0 Å². The summed E-state index contributed by atoms with van der Waals surface area (Å²) in [5.74, 6) is 0.867. The van der Waals surface area contributed by atoms with Gasteiger partial charge in [0.15, 0.2) is 17.5 Å². The standard InChI is InChI=1S/C14H14N4O4/c15-14-16-11-4-2-8(12(13(19)20)18(11)17-14)7-1-3-9-10(5-7)22-6-21-9/h1,3,5,8,12H,2,4,6H2,(H2,15,17)(H,19,20). The summed E-state index contributed by atoms with van der Waals surface area (Å²) in [4.78, 5) is 15.8. The largest absolute Gasteiger partial charge is 0.480 e. The minimum Gasteiger partial charge on any atom is -0.480 e. The first-order valence-electron chi connectivity index (χ1n) is 6.97. The Morgan fingerprint density at radius 2 is 2.18 bits per heavy atom. The predicted molar refractivity (Wildman–Crippen MR) is 74.7 cm³/mol. The SMILES string of the molecule is Nc1nc2n(n1)C(C(=O)O)C(c1ccc3c(c1)OCO3)CC2. The Morgan fingerprint density at radius 1 is 1.36 bits per heavy atom. The minimum absolute atomic E-state index is 0.104. The number of nitrogen functional groups attached to an aromatic ring is 1. The molecule has 1 aromatic carbocycles. The van der Waals surface area contributed by atoms with Crippen molar-refractivity contribution in [2.75, 3.05) is 12.5 Å². The number of carbonyl (C=O) groups is 1. The van der Waals surface area contributed by atoms with E-state index < -0.39 is 12.0 Å². The van der Waals surface area contributed by atoms with Gasteiger partial charge in [0, 0.05) is 12.3 Å². The number of anilines is 1. The van der Waals surface area contributed by atoms with Crippen LogP contribution in [0.1, 0.15) is 29.8 Å². The third-order valence-electron chi connectivity index (χ3n) is 4.12. The van der Waals surface area contributed by atoms with E-state index in [1.165, 1.54) is 4.68 Å². The van der Waals surface area contributed by atoms with Gasteiger partial charge in [-0.2, -0.15) is 4.98 Å². The Morgan fingerprint density at radius 3 is 3.00 bits per heavy atom. The molecule has 2 aromatic rings. The monoisotopic (exact) mass is 302 g/mol. The molecule has 0 amide bonds. The summed E-state index contributed by atoms with van der Waals surface area (Å²) in [7, 11) is 0. The molecule has 0 aliphatic carbocycles. The molecule has 2 aliphatic heterocycles. The fraction of sp³-hybridized carbons (Fsp3) is 0.357. The second kappa shape index (κ2) is 4.62. The highest BCUT2D eigenvalue weighted by atomic mass is 16.7. The second-order valence-corrected chi connectivity index (χ2v) is 5.37. The lowest BCUT2D eigenvalue weighted by Gasteiger charge is -2.29. The summed E-state index contributed by atoms with van der Waals surface area (Å²) in [5.41, 5.74) is 6.49. The summed E-state index contributed by atoms with van der Waals surface area (Å²) < 4.78 is 12.1. The fourth-order valence-electron chi connectivity index (χ4n) is 3.15. The van der Waals surface area contributed by atoms with E-state index in [2.05, 4.69) is 10.1 Å². The number of hydrogen-bond donors (Lipinski definition) is 2. The maximum Gasteiger partial charge on any atom is 0.329 e. The molecule has 0 fully saturated rings. The van der Waals surface area contributed by atoms with E-state index in [0.29, 0.717) is 30.2 Å². The second-order valence-electron chi connectivity index (χ2n) is 5.37. The van der Waals surface area contributed by atoms with E-state index in [4.69, 9.17) is 15.2 Å². The van der Waals surface area contributed by atoms with Crippen molar-refractivity contribution in [3.8, 4) is 11.5 Å². The van der Waals surface area contributed by atoms with Crippen molar-refractivity contribution in [1.29, 1.82) is 0 Å². The Hall–Kier alpha value is -2.77. The summed E-state index contributed by atoms with van der Waals surface area (Å²) >= 11 is 0. The number of rotatable bonds is 2. The van der Waals surface area contributed by atoms with Crippen molar-refractivity contribution < 1.29 is 19.4 Å². The van der Waals surface area contributed by atoms with Crippen LogP contribution in [0.15, 0.2) is 18.2 Å². The zero-order chi connectivity index (χ0) is 15.3. The van der Waals surface area contributed by atoms with Crippen LogP contribution in [0.2, 0.25) is 0 Å². The average Bonchev–Trinajstić information content (AvgIpc) is 3.09. The molecule has 2 atom stereocenters. The number of carboxylic acid groups (broad SMARTS) is 1. The van der Waals surface area contributed by atoms with Gasteiger partial charge < -0.3 is 20.3 Å². The van der Waals surface area contributed by atoms with E-state index >= 15 is 0 Å². The first-order valence-corrected chi connectivity index (χ1v) is 6.97. The fourth-order valence-corrected chi connectivity index (χ4v) is 3.15. The van der Waals surface area contributed by atoms with Crippen LogP contribution < -0.4 is 15.2 Å². The number of hydrogen-bond acceptors (Lipinski definition) is 6. The highest BCUT2D eigenvalue weighted by Gasteiger charge is 2.38. The van der Waals surface area contributed by atoms with Crippen LogP contribution in [-0.2, 0) is 11.2 Å². The molecule has 4 rings (SSSR count). The van der Waals surface area contributed by atoms with Crippen LogP contribution in [0.5, 0.6) is 11.5 Å². The maximum atomic E-state index is 11.8. The van der Waals surface area contributed by atoms with Crippen molar-refractivity contribution in [3.63, 3.8) is 0 Å². The number of nitrogens with zero attached hydrogens (tertiary/aromatic N) is 3. The molecule has 8 heteroatoms. The normalized spacial score (nSPS) is 22.4. The molecule has 3 N–H and O–H groups in total. The number of ether oxygens (including phenoxy) is 2. The van der Waals surface area contributed by atoms with Crippen LogP contribution in [0.3, 0.4) is 0 Å². The van der Waals surface area contributed by atoms with Crippen LogP contribution in [0, 0.1) is 0 Å². The molecular weight excluding hydrogens is 288 g/mol. The van der Waals surface area contributed by atoms with Gasteiger partial charge in [0.1, 0.15) is 5.82 Å². The summed E-state index contributed by atoms with van der Waals surface area (Å²) in [6.07, 6.45) is 1.29. The summed E-state index contributed by atoms with van der Waals surface area (Å²) in [5, 5.41) is 13.7. The number of aromatic nitrogens is 3. The van der Waals surface area contributed by atoms with Gasteiger partial charge in [0.2, 0.25) is 12.7 Å². The molecule has 0 bridgehead atoms. The molecule has 0 radical (unpaired) electrons. The van der Waals surface area contributed by atoms with E-state index in [1.54, 1.807) is 0 Å². The molecule has 2 unspecified atom stereocenters. The smallest absolute Gasteiger partial charge is 0.329 e. The molecule has 1 aromatic heterocycles. The van der Waals surface area contributed by atoms with E-state index in [-0.39, 0.29) is 18.7 Å². The molecule has 114 valence electrons. The lowest BCUT2D eigenvalue weighted by molar-refractivity contribution is -0.142. The zero-order valence-corrected chi connectivity index (χ0v) is 11.6. The van der Waals surface area contributed by atoms with Gasteiger partial charge in [-0.25, -0.2) is 9.48 Å². The number of nitrogens with two attached hydrogens (primary N) is 1. The first kappa shape index (κ1) is 12.9. The molecule has 8 nitrogen and oxygen atoms in total. The lowest BCUT2D eigenvalue weighted by atomic mass is 9.85. The van der Waals surface area contributed by atoms with Crippen LogP contribution in [0.25, 0.3) is 0 Å². The van der Waals surface area contributed by atoms with Crippen molar-refractivity contribution in [2.45, 2.75) is 24.8 Å². The molecule has 0 saturated heterocycles. The molecular formula is C14H14N4O4. The zero-order valence-electron chi connectivity index (χ0n) is 11.6. The molecule has 2 aliphatic rings. The maximum absolute atomic E-state index is 11.8. The van der Waals surface area contributed by atoms with Crippen molar-refractivity contribution >= 4 is 11.9 Å². The van der Waals surface area contributed by atoms with Crippen LogP contribution in [0.4, 0.5) is 5.95 Å². The van der Waals surface area contributed by atoms with E-state index in [0.717, 1.165) is 5.56 Å². The topological polar surface area (TPSA) is 112 Å². The van der Waals surface area contributed by atoms with Gasteiger partial charge in [-0.15, -0.1) is 5.10 Å². The lowest BCUT2D eigenvalue weighted by Crippen LogP contribution is -2.32. The van der Waals surface area contributed by atoms with Crippen molar-refractivity contribution in [1.82, 2.24) is 14.8 Å². The highest BCUT2D eigenvalue weighted by molar-refractivity contribution is 5.74. The summed E-state index contributed by atoms with van der Waals surface area (Å²) in [6, 6.07) is 4.70. The average molecular weight is 302 g/mol. The van der Waals surface area contributed by atoms with Gasteiger partial charge in [0.25, 0.3) is 0 Å². The van der Waals surface area contributed by atoms with Crippen LogP contribution in [-0.4, -0.2) is 32.6 Å². The molecule has 3 heterocycles. The van der Waals surface area contributed by atoms with Gasteiger partial charge >= 0.3 is 5.97 Å². The van der Waals surface area contributed by atoms with Gasteiger partial charge in [-0.05, 0) is 24.1 Å². The number of aliphatic carboxylic acids is 1. The quantitative estimate of drug-likeness (QED) is 0.849. The van der Waals surface area contributed by atoms with Crippen LogP contribution >= 0.6 is 0 Å². The molecule has 22 heavy (non-hydrogen) atoms. The third kappa shape index (κ3) is 1.87. The first-order chi connectivity index (χ1) is 10.6. The Labute approximate surface area is 125 Å². The Balaban J connectivity index is 1.76. The third-order valence-corrected chi connectivity index (χ3v) is 4.12. The van der Waals surface area contributed by atoms with Gasteiger partial charge in [-0.3, -0.25) is 0 Å². The number of carboxylic acids is 1. The highest BCUT2D eigenvalue weighted by Crippen LogP contribution is 2.41. The van der Waals surface area contributed by atoms with E-state index in [9.17, 15) is 9.90 Å². The molecule has 0 saturated carbocycles. The summed E-state index contributed by atoms with van der Waals surface area (Å²) in [6.45, 7) is 0.190. The minimum atomic E-state index is -0.950. The van der Waals surface area contributed by atoms with Gasteiger partial charge in [-0.1, -0.05) is 6.07 Å².